The molecule has 0 spiro atoms. The van der Waals surface area contributed by atoms with Crippen LogP contribution in [0, 0.1) is 0 Å². The fourth-order valence-electron chi connectivity index (χ4n) is 1.61. The Bertz CT molecular complexity index is 621. The van der Waals surface area contributed by atoms with Crippen molar-refractivity contribution >= 4 is 37.8 Å². The molecule has 0 bridgehead atoms. The monoisotopic (exact) mass is 383 g/mol. The van der Waals surface area contributed by atoms with E-state index in [9.17, 15) is 24.0 Å². The summed E-state index contributed by atoms with van der Waals surface area (Å²) in [4.78, 5) is 42.6. The molecule has 1 rings (SSSR count). The molecule has 0 aromatic heterocycles. The number of nitrogens with one attached hydrogen (secondary N) is 2. The molecule has 130 valence electrons. The van der Waals surface area contributed by atoms with E-state index in [0.29, 0.717) is 5.17 Å². The molecular formula is C11H17N2O7P2S-. The van der Waals surface area contributed by atoms with Gasteiger partial charge in [-0.3, -0.25) is 4.99 Å². The highest BCUT2D eigenvalue weighted by molar-refractivity contribution is 8.13. The first-order valence-electron chi connectivity index (χ1n) is 6.28. The molecule has 2 unspecified atom stereocenters. The lowest BCUT2D eigenvalue weighted by Gasteiger charge is -2.41. The summed E-state index contributed by atoms with van der Waals surface area (Å²) < 4.78 is 22.2. The van der Waals surface area contributed by atoms with Crippen LogP contribution in [0.5, 0.6) is 0 Å². The zero-order valence-corrected chi connectivity index (χ0v) is 14.7. The van der Waals surface area contributed by atoms with Crippen LogP contribution in [0.15, 0.2) is 30.3 Å². The summed E-state index contributed by atoms with van der Waals surface area (Å²) in [6, 6.07) is 8.94. The number of hydrogen-bond acceptors (Lipinski definition) is 6. The minimum atomic E-state index is -5.74. The third-order valence-corrected chi connectivity index (χ3v) is 7.32. The van der Waals surface area contributed by atoms with Gasteiger partial charge in [0.2, 0.25) is 0 Å². The number of para-hydroxylation sites is 1. The Balaban J connectivity index is 2.85. The predicted octanol–water partition coefficient (Wildman–Crippen LogP) is -1.97. The maximum absolute atomic E-state index is 11.1. The van der Waals surface area contributed by atoms with Crippen LogP contribution >= 0.6 is 27.0 Å². The normalized spacial score (nSPS) is 20.2. The van der Waals surface area contributed by atoms with Crippen molar-refractivity contribution in [3.05, 3.63) is 30.3 Å². The van der Waals surface area contributed by atoms with Crippen LogP contribution in [0.2, 0.25) is 0 Å². The van der Waals surface area contributed by atoms with Gasteiger partial charge in [-0.15, -0.1) is 0 Å². The van der Waals surface area contributed by atoms with E-state index in [4.69, 9.17) is 9.79 Å². The lowest BCUT2D eigenvalue weighted by atomic mass is 10.3. The molecular weight excluding hydrogens is 366 g/mol. The molecule has 0 radical (unpaired) electrons. The second-order valence-corrected chi connectivity index (χ2v) is 9.25. The number of amidine groups is 1. The smallest absolute Gasteiger partial charge is 0.308 e. The van der Waals surface area contributed by atoms with Crippen molar-refractivity contribution in [3.8, 4) is 0 Å². The Kier molecular flexibility index (Phi) is 7.00. The van der Waals surface area contributed by atoms with Gasteiger partial charge < -0.3 is 33.8 Å². The number of aliphatic hydroxyl groups is 1. The Morgan fingerprint density at radius 2 is 1.78 bits per heavy atom. The van der Waals surface area contributed by atoms with Gasteiger partial charge in [0.15, 0.2) is 20.3 Å². The van der Waals surface area contributed by atoms with Crippen molar-refractivity contribution in [2.45, 2.75) is 11.5 Å². The van der Waals surface area contributed by atoms with Crippen LogP contribution in [-0.2, 0) is 9.13 Å². The van der Waals surface area contributed by atoms with Gasteiger partial charge in [0.25, 0.3) is 0 Å². The third kappa shape index (κ3) is 5.41. The molecule has 0 heterocycles. The molecule has 0 saturated heterocycles. The molecule has 1 aromatic carbocycles. The van der Waals surface area contributed by atoms with E-state index in [1.165, 1.54) is 11.8 Å². The van der Waals surface area contributed by atoms with Crippen LogP contribution in [0.25, 0.3) is 0 Å². The summed E-state index contributed by atoms with van der Waals surface area (Å²) in [5.41, 5.74) is 0.730. The standard InChI is InChI=1S/C11H18N2O7P2S/c1-23-10(13-9-5-3-2-4-6-9)12-8-7-11(14,21(15,16)17)22(18,19)20/h2-6,14H,7-8H2,1H3,(H,12,13)(H2,15,16,17)(H2,18,19,20)/p-1. The highest BCUT2D eigenvalue weighted by Gasteiger charge is 2.47. The topological polar surface area (TPSA) is 167 Å². The highest BCUT2D eigenvalue weighted by atomic mass is 32.2. The van der Waals surface area contributed by atoms with Crippen molar-refractivity contribution in [1.82, 2.24) is 0 Å². The molecule has 9 nitrogen and oxygen atoms in total. The van der Waals surface area contributed by atoms with Crippen LogP contribution in [0.1, 0.15) is 6.42 Å². The van der Waals surface area contributed by atoms with Crippen LogP contribution in [-0.4, -0.2) is 37.9 Å². The van der Waals surface area contributed by atoms with Crippen LogP contribution in [0.3, 0.4) is 0 Å². The Morgan fingerprint density at radius 3 is 2.22 bits per heavy atom. The lowest BCUT2D eigenvalue weighted by Crippen LogP contribution is -2.75. The van der Waals surface area contributed by atoms with Gasteiger partial charge in [0, 0.05) is 6.42 Å². The van der Waals surface area contributed by atoms with Gasteiger partial charge in [0.05, 0.1) is 6.54 Å². The zero-order valence-electron chi connectivity index (χ0n) is 12.1. The molecule has 23 heavy (non-hydrogen) atoms. The summed E-state index contributed by atoms with van der Waals surface area (Å²) in [6.45, 7) is -0.341. The van der Waals surface area contributed by atoms with Gasteiger partial charge in [-0.2, -0.15) is 0 Å². The maximum Gasteiger partial charge on any atom is 0.308 e. The third-order valence-electron chi connectivity index (χ3n) is 2.89. The molecule has 1 aromatic rings. The van der Waals surface area contributed by atoms with Gasteiger partial charge >= 0.3 is 5.17 Å². The van der Waals surface area contributed by atoms with Gasteiger partial charge in [0.1, 0.15) is 5.69 Å². The largest absolute Gasteiger partial charge is 0.776 e. The molecule has 0 aliphatic heterocycles. The van der Waals surface area contributed by atoms with Gasteiger partial charge in [-0.25, -0.2) is 5.32 Å². The second-order valence-electron chi connectivity index (χ2n) is 4.52. The molecule has 0 saturated carbocycles. The van der Waals surface area contributed by atoms with Crippen LogP contribution in [0.4, 0.5) is 5.69 Å². The quantitative estimate of drug-likeness (QED) is 0.213. The Morgan fingerprint density at radius 1 is 1.26 bits per heavy atom. The van der Waals surface area contributed by atoms with E-state index in [0.717, 1.165) is 5.69 Å². The predicted molar refractivity (Wildman–Crippen MR) is 83.6 cm³/mol. The van der Waals surface area contributed by atoms with Crippen LogP contribution < -0.4 is 20.1 Å². The number of thioether (sulfide) groups is 1. The van der Waals surface area contributed by atoms with E-state index >= 15 is 0 Å². The van der Waals surface area contributed by atoms with E-state index in [1.54, 1.807) is 30.5 Å². The first-order valence-corrected chi connectivity index (χ1v) is 10.7. The highest BCUT2D eigenvalue weighted by Crippen LogP contribution is 2.64. The van der Waals surface area contributed by atoms with Crippen molar-refractivity contribution in [2.75, 3.05) is 18.1 Å². The Labute approximate surface area is 137 Å². The SMILES string of the molecule is CSC(Nc1ccccc1)=[NH+]CCC(O)(P(=O)([O-])O)P(=O)([O-])O. The average Bonchev–Trinajstić information content (AvgIpc) is 2.44. The number of anilines is 1. The maximum atomic E-state index is 11.1. The number of rotatable bonds is 6. The van der Waals surface area contributed by atoms with Crippen molar-refractivity contribution in [2.24, 2.45) is 0 Å². The zero-order chi connectivity index (χ0) is 17.7. The molecule has 0 amide bonds. The first-order chi connectivity index (χ1) is 10.5. The minimum Gasteiger partial charge on any atom is -0.776 e. The fraction of sp³-hybridized carbons (Fsp3) is 0.364. The van der Waals surface area contributed by atoms with Gasteiger partial charge in [-0.1, -0.05) is 18.2 Å². The summed E-state index contributed by atoms with van der Waals surface area (Å²) in [5.74, 6) is 0. The molecule has 0 aliphatic rings. The van der Waals surface area contributed by atoms with Crippen molar-refractivity contribution in [3.63, 3.8) is 0 Å². The first kappa shape index (κ1) is 20.3. The summed E-state index contributed by atoms with van der Waals surface area (Å²) >= 11 is 1.22. The van der Waals surface area contributed by atoms with Gasteiger partial charge in [-0.05, 0) is 30.2 Å². The average molecular weight is 383 g/mol. The number of benzene rings is 1. The van der Waals surface area contributed by atoms with E-state index < -0.39 is 26.7 Å². The Hall–Kier alpha value is -0.700. The summed E-state index contributed by atoms with van der Waals surface area (Å²) in [5, 5.41) is 9.41. The van der Waals surface area contributed by atoms with Crippen molar-refractivity contribution in [1.29, 1.82) is 0 Å². The van der Waals surface area contributed by atoms with E-state index in [1.807, 2.05) is 6.07 Å². The molecule has 5 N–H and O–H groups in total. The van der Waals surface area contributed by atoms with Crippen molar-refractivity contribution < 1.29 is 38.8 Å². The number of hydrogen-bond donors (Lipinski definition) is 5. The van der Waals surface area contributed by atoms with E-state index in [-0.39, 0.29) is 6.54 Å². The summed E-state index contributed by atoms with van der Waals surface area (Å²) in [6.07, 6.45) is 0.752. The molecule has 2 atom stereocenters. The summed E-state index contributed by atoms with van der Waals surface area (Å²) in [7, 11) is -11.5. The lowest BCUT2D eigenvalue weighted by molar-refractivity contribution is -0.457. The molecule has 0 fully saturated rings. The molecule has 0 aliphatic carbocycles. The minimum absolute atomic E-state index is 0.341. The second kappa shape index (κ2) is 7.92. The van der Waals surface area contributed by atoms with E-state index in [2.05, 4.69) is 10.3 Å². The fourth-order valence-corrected chi connectivity index (χ4v) is 4.14. The molecule has 12 heteroatoms.